The van der Waals surface area contributed by atoms with Gasteiger partial charge < -0.3 is 14.2 Å². The van der Waals surface area contributed by atoms with Gasteiger partial charge in [0.25, 0.3) is 0 Å². The van der Waals surface area contributed by atoms with Gasteiger partial charge in [0.1, 0.15) is 5.69 Å². The Hall–Kier alpha value is -3.80. The number of benzene rings is 2. The second-order valence-corrected chi connectivity index (χ2v) is 8.69. The fourth-order valence-corrected chi connectivity index (χ4v) is 4.46. The molecule has 5 rings (SSSR count). The molecule has 0 aliphatic heterocycles. The van der Waals surface area contributed by atoms with Crippen LogP contribution in [0.15, 0.2) is 71.6 Å². The molecule has 1 N–H and O–H groups in total. The van der Waals surface area contributed by atoms with Crippen LogP contribution in [0, 0.1) is 0 Å². The summed E-state index contributed by atoms with van der Waals surface area (Å²) in [5.74, 6) is 0.672. The quantitative estimate of drug-likeness (QED) is 0.500. The number of oxazole rings is 1. The molecule has 2 aromatic carbocycles. The highest BCUT2D eigenvalue weighted by Crippen LogP contribution is 2.43. The minimum atomic E-state index is -0.298. The number of rotatable bonds is 5. The zero-order valence-corrected chi connectivity index (χ0v) is 18.8. The molecule has 0 spiro atoms. The number of anilines is 2. The zero-order chi connectivity index (χ0) is 22.3. The summed E-state index contributed by atoms with van der Waals surface area (Å²) in [6, 6.07) is 17.7. The molecule has 4 aromatic rings. The van der Waals surface area contributed by atoms with Gasteiger partial charge >= 0.3 is 0 Å². The lowest BCUT2D eigenvalue weighted by Gasteiger charge is -2.35. The summed E-state index contributed by atoms with van der Waals surface area (Å²) in [5.41, 5.74) is 7.51. The van der Waals surface area contributed by atoms with Crippen LogP contribution in [0.25, 0.3) is 17.5 Å². The predicted octanol–water partition coefficient (Wildman–Crippen LogP) is 4.75. The highest BCUT2D eigenvalue weighted by Gasteiger charge is 2.37. The molecule has 6 heteroatoms. The van der Waals surface area contributed by atoms with E-state index >= 15 is 0 Å². The first kappa shape index (κ1) is 20.1. The maximum absolute atomic E-state index is 5.50. The van der Waals surface area contributed by atoms with Crippen LogP contribution in [0.3, 0.4) is 0 Å². The summed E-state index contributed by atoms with van der Waals surface area (Å²) in [6.45, 7) is 0. The lowest BCUT2D eigenvalue weighted by Crippen LogP contribution is -2.30. The maximum atomic E-state index is 5.50. The Kier molecular flexibility index (Phi) is 4.85. The first-order valence-corrected chi connectivity index (χ1v) is 10.7. The topological polar surface area (TPSA) is 61.2 Å². The molecule has 0 saturated carbocycles. The smallest absolute Gasteiger partial charge is 0.181 e. The third-order valence-electron chi connectivity index (χ3n) is 6.34. The SMILES string of the molecule is CN(C)c1ccc(C2(c3ccc(N(C)C)cc3)C=Cc3c(-c4cnco4)n[nH]c3C2)cc1. The Bertz CT molecular complexity index is 1180. The van der Waals surface area contributed by atoms with Crippen molar-refractivity contribution in [1.29, 1.82) is 0 Å². The van der Waals surface area contributed by atoms with Crippen molar-refractivity contribution < 1.29 is 4.42 Å². The number of allylic oxidation sites excluding steroid dienone is 1. The van der Waals surface area contributed by atoms with Crippen molar-refractivity contribution in [3.8, 4) is 11.5 Å². The first-order valence-electron chi connectivity index (χ1n) is 10.7. The summed E-state index contributed by atoms with van der Waals surface area (Å²) in [7, 11) is 8.25. The van der Waals surface area contributed by atoms with Gasteiger partial charge in [-0.05, 0) is 35.4 Å². The van der Waals surface area contributed by atoms with Crippen molar-refractivity contribution in [2.75, 3.05) is 38.0 Å². The van der Waals surface area contributed by atoms with Crippen molar-refractivity contribution in [1.82, 2.24) is 15.2 Å². The molecule has 0 fully saturated rings. The molecular weight excluding hydrogens is 398 g/mol. The predicted molar refractivity (Wildman–Crippen MR) is 129 cm³/mol. The molecule has 32 heavy (non-hydrogen) atoms. The average Bonchev–Trinajstić information content (AvgIpc) is 3.48. The Labute approximate surface area is 188 Å². The summed E-state index contributed by atoms with van der Waals surface area (Å²) in [4.78, 5) is 8.28. The van der Waals surface area contributed by atoms with Crippen molar-refractivity contribution >= 4 is 17.5 Å². The zero-order valence-electron chi connectivity index (χ0n) is 18.8. The molecule has 2 heterocycles. The second-order valence-electron chi connectivity index (χ2n) is 8.69. The van der Waals surface area contributed by atoms with E-state index in [-0.39, 0.29) is 5.41 Å². The number of fused-ring (bicyclic) bond motifs is 1. The van der Waals surface area contributed by atoms with Gasteiger partial charge in [0.2, 0.25) is 0 Å². The van der Waals surface area contributed by atoms with E-state index in [1.807, 2.05) is 0 Å². The molecule has 0 radical (unpaired) electrons. The van der Waals surface area contributed by atoms with E-state index in [0.717, 1.165) is 23.4 Å². The van der Waals surface area contributed by atoms with Crippen molar-refractivity contribution in [3.05, 3.63) is 89.6 Å². The van der Waals surface area contributed by atoms with Gasteiger partial charge in [-0.3, -0.25) is 5.10 Å². The van der Waals surface area contributed by atoms with Crippen LogP contribution in [0.1, 0.15) is 22.4 Å². The maximum Gasteiger partial charge on any atom is 0.181 e. The number of nitrogens with zero attached hydrogens (tertiary/aromatic N) is 4. The van der Waals surface area contributed by atoms with E-state index in [0.29, 0.717) is 5.76 Å². The van der Waals surface area contributed by atoms with Crippen LogP contribution in [0.5, 0.6) is 0 Å². The molecule has 1 aliphatic rings. The van der Waals surface area contributed by atoms with Crippen LogP contribution < -0.4 is 9.80 Å². The van der Waals surface area contributed by atoms with Gasteiger partial charge in [-0.1, -0.05) is 36.4 Å². The molecule has 1 aliphatic carbocycles. The highest BCUT2D eigenvalue weighted by molar-refractivity contribution is 5.74. The molecular formula is C26H27N5O. The molecule has 6 nitrogen and oxygen atoms in total. The Morgan fingerprint density at radius 2 is 1.47 bits per heavy atom. The van der Waals surface area contributed by atoms with E-state index in [9.17, 15) is 0 Å². The van der Waals surface area contributed by atoms with Crippen molar-refractivity contribution in [2.45, 2.75) is 11.8 Å². The summed E-state index contributed by atoms with van der Waals surface area (Å²) in [5, 5.41) is 7.81. The van der Waals surface area contributed by atoms with E-state index in [1.54, 1.807) is 6.20 Å². The fourth-order valence-electron chi connectivity index (χ4n) is 4.46. The third-order valence-corrected chi connectivity index (χ3v) is 6.34. The summed E-state index contributed by atoms with van der Waals surface area (Å²) in [6.07, 6.45) is 8.39. The van der Waals surface area contributed by atoms with Gasteiger partial charge in [0.05, 0.1) is 6.20 Å². The van der Waals surface area contributed by atoms with E-state index < -0.39 is 0 Å². The molecule has 0 amide bonds. The van der Waals surface area contributed by atoms with Crippen LogP contribution in [0.4, 0.5) is 11.4 Å². The van der Waals surface area contributed by atoms with Crippen LogP contribution >= 0.6 is 0 Å². The van der Waals surface area contributed by atoms with Gasteiger partial charge in [0, 0.05) is 62.7 Å². The van der Waals surface area contributed by atoms with Gasteiger partial charge in [-0.25, -0.2) is 4.98 Å². The van der Waals surface area contributed by atoms with Crippen molar-refractivity contribution in [2.24, 2.45) is 0 Å². The molecule has 0 unspecified atom stereocenters. The third kappa shape index (κ3) is 3.28. The lowest BCUT2D eigenvalue weighted by molar-refractivity contribution is 0.569. The Morgan fingerprint density at radius 1 is 0.875 bits per heavy atom. The van der Waals surface area contributed by atoms with Crippen LogP contribution in [-0.2, 0) is 11.8 Å². The molecule has 0 atom stereocenters. The number of nitrogens with one attached hydrogen (secondary N) is 1. The van der Waals surface area contributed by atoms with Crippen LogP contribution in [0.2, 0.25) is 0 Å². The lowest BCUT2D eigenvalue weighted by atomic mass is 9.68. The standard InChI is InChI=1S/C26H27N5O/c1-30(2)20-9-5-18(6-10-20)26(19-7-11-21(12-8-19)31(3)4)14-13-22-23(15-26)28-29-25(22)24-16-27-17-32-24/h5-14,16-17H,15H2,1-4H3,(H,28,29). The van der Waals surface area contributed by atoms with Gasteiger partial charge in [-0.2, -0.15) is 5.10 Å². The van der Waals surface area contributed by atoms with E-state index in [1.165, 1.54) is 28.9 Å². The summed E-state index contributed by atoms with van der Waals surface area (Å²) >= 11 is 0. The minimum Gasteiger partial charge on any atom is -0.442 e. The van der Waals surface area contributed by atoms with Crippen LogP contribution in [-0.4, -0.2) is 43.4 Å². The number of hydrogen-bond acceptors (Lipinski definition) is 5. The van der Waals surface area contributed by atoms with Gasteiger partial charge in [-0.15, -0.1) is 0 Å². The highest BCUT2D eigenvalue weighted by atomic mass is 16.3. The molecule has 0 saturated heterocycles. The molecule has 0 bridgehead atoms. The Morgan fingerprint density at radius 3 is 1.97 bits per heavy atom. The second kappa shape index (κ2) is 7.71. The number of aromatic nitrogens is 3. The molecule has 2 aromatic heterocycles. The number of H-pyrrole nitrogens is 1. The number of aromatic amines is 1. The minimum absolute atomic E-state index is 0.298. The monoisotopic (exact) mass is 425 g/mol. The fraction of sp³-hybridized carbons (Fsp3) is 0.231. The van der Waals surface area contributed by atoms with Gasteiger partial charge in [0.15, 0.2) is 12.2 Å². The van der Waals surface area contributed by atoms with Crippen molar-refractivity contribution in [3.63, 3.8) is 0 Å². The normalized spacial score (nSPS) is 14.2. The summed E-state index contributed by atoms with van der Waals surface area (Å²) < 4.78 is 5.50. The number of hydrogen-bond donors (Lipinski definition) is 1. The first-order chi connectivity index (χ1) is 15.5. The van der Waals surface area contributed by atoms with E-state index in [4.69, 9.17) is 4.42 Å². The average molecular weight is 426 g/mol. The Balaban J connectivity index is 1.62. The molecule has 162 valence electrons. The largest absolute Gasteiger partial charge is 0.442 e. The van der Waals surface area contributed by atoms with E-state index in [2.05, 4.69) is 114 Å².